The van der Waals surface area contributed by atoms with Gasteiger partial charge in [0.05, 0.1) is 16.6 Å². The van der Waals surface area contributed by atoms with Crippen LogP contribution in [0.3, 0.4) is 0 Å². The van der Waals surface area contributed by atoms with Crippen LogP contribution in [-0.2, 0) is 13.2 Å². The predicted molar refractivity (Wildman–Crippen MR) is 75.9 cm³/mol. The van der Waals surface area contributed by atoms with E-state index in [0.29, 0.717) is 16.9 Å². The van der Waals surface area contributed by atoms with Crippen LogP contribution in [0.15, 0.2) is 42.5 Å². The number of fused-ring (bicyclic) bond motifs is 1. The first-order chi connectivity index (χ1) is 9.86. The van der Waals surface area contributed by atoms with Crippen LogP contribution in [0.1, 0.15) is 11.1 Å². The fourth-order valence-electron chi connectivity index (χ4n) is 2.42. The Labute approximate surface area is 119 Å². The minimum Gasteiger partial charge on any atom is -0.327 e. The van der Waals surface area contributed by atoms with Gasteiger partial charge in [0.2, 0.25) is 0 Å². The molecule has 21 heavy (non-hydrogen) atoms. The maximum absolute atomic E-state index is 12.8. The van der Waals surface area contributed by atoms with Gasteiger partial charge < -0.3 is 4.57 Å². The number of hydrogen-bond acceptors (Lipinski definition) is 1. The standard InChI is InChI=1S/C16H13F3N2/c1-10-4-3-5-11(8-10)15-20-13-9-12(16(17,18)19)6-7-14(13)21(15)2/h3-9H,1-2H3. The molecule has 0 aliphatic rings. The Morgan fingerprint density at radius 2 is 1.81 bits per heavy atom. The molecule has 0 spiro atoms. The van der Waals surface area contributed by atoms with Gasteiger partial charge in [0.15, 0.2) is 0 Å². The Bertz CT molecular complexity index is 816. The lowest BCUT2D eigenvalue weighted by molar-refractivity contribution is -0.137. The van der Waals surface area contributed by atoms with Crippen LogP contribution >= 0.6 is 0 Å². The Morgan fingerprint density at radius 3 is 2.48 bits per heavy atom. The monoisotopic (exact) mass is 290 g/mol. The summed E-state index contributed by atoms with van der Waals surface area (Å²) in [6.07, 6.45) is -4.35. The van der Waals surface area contributed by atoms with Gasteiger partial charge in [-0.3, -0.25) is 0 Å². The van der Waals surface area contributed by atoms with Gasteiger partial charge in [-0.1, -0.05) is 23.8 Å². The molecule has 0 fully saturated rings. The van der Waals surface area contributed by atoms with Gasteiger partial charge in [0, 0.05) is 12.6 Å². The Balaban J connectivity index is 2.20. The number of rotatable bonds is 1. The van der Waals surface area contributed by atoms with Gasteiger partial charge in [-0.05, 0) is 31.2 Å². The summed E-state index contributed by atoms with van der Waals surface area (Å²) in [6.45, 7) is 1.97. The Hall–Kier alpha value is -2.30. The number of halogens is 3. The van der Waals surface area contributed by atoms with Crippen molar-refractivity contribution in [1.29, 1.82) is 0 Å². The summed E-state index contributed by atoms with van der Waals surface area (Å²) in [6, 6.07) is 11.4. The number of imidazole rings is 1. The van der Waals surface area contributed by atoms with Gasteiger partial charge in [0.25, 0.3) is 0 Å². The molecule has 0 radical (unpaired) electrons. The maximum atomic E-state index is 12.8. The average Bonchev–Trinajstić information content (AvgIpc) is 2.75. The van der Waals surface area contributed by atoms with Crippen molar-refractivity contribution < 1.29 is 13.2 Å². The van der Waals surface area contributed by atoms with E-state index in [-0.39, 0.29) is 0 Å². The summed E-state index contributed by atoms with van der Waals surface area (Å²) in [5.74, 6) is 0.660. The van der Waals surface area contributed by atoms with Crippen LogP contribution in [0.4, 0.5) is 13.2 Å². The minimum atomic E-state index is -4.35. The van der Waals surface area contributed by atoms with Crippen molar-refractivity contribution in [3.8, 4) is 11.4 Å². The van der Waals surface area contributed by atoms with Crippen LogP contribution in [0.25, 0.3) is 22.4 Å². The molecule has 1 heterocycles. The van der Waals surface area contributed by atoms with Gasteiger partial charge in [0.1, 0.15) is 5.82 Å². The Kier molecular flexibility index (Phi) is 3.01. The van der Waals surface area contributed by atoms with E-state index < -0.39 is 11.7 Å². The van der Waals surface area contributed by atoms with Crippen molar-refractivity contribution in [3.63, 3.8) is 0 Å². The number of aromatic nitrogens is 2. The van der Waals surface area contributed by atoms with E-state index in [1.54, 1.807) is 7.05 Å². The van der Waals surface area contributed by atoms with Crippen LogP contribution in [0.2, 0.25) is 0 Å². The number of benzene rings is 2. The number of hydrogen-bond donors (Lipinski definition) is 0. The van der Waals surface area contributed by atoms with E-state index in [4.69, 9.17) is 0 Å². The molecular weight excluding hydrogens is 277 g/mol. The molecule has 0 aliphatic heterocycles. The van der Waals surface area contributed by atoms with Crippen molar-refractivity contribution in [2.45, 2.75) is 13.1 Å². The highest BCUT2D eigenvalue weighted by Gasteiger charge is 2.31. The fourth-order valence-corrected chi connectivity index (χ4v) is 2.42. The summed E-state index contributed by atoms with van der Waals surface area (Å²) >= 11 is 0. The van der Waals surface area contributed by atoms with Crippen LogP contribution in [0.5, 0.6) is 0 Å². The van der Waals surface area contributed by atoms with E-state index >= 15 is 0 Å². The van der Waals surface area contributed by atoms with E-state index in [9.17, 15) is 13.2 Å². The van der Waals surface area contributed by atoms with E-state index in [1.807, 2.05) is 35.8 Å². The molecule has 2 aromatic carbocycles. The molecule has 0 saturated heterocycles. The summed E-state index contributed by atoms with van der Waals surface area (Å²) in [5.41, 5.74) is 2.32. The minimum absolute atomic E-state index is 0.351. The first-order valence-electron chi connectivity index (χ1n) is 6.47. The Morgan fingerprint density at radius 1 is 1.05 bits per heavy atom. The first kappa shape index (κ1) is 13.7. The highest BCUT2D eigenvalue weighted by Crippen LogP contribution is 2.32. The molecule has 5 heteroatoms. The molecule has 2 nitrogen and oxygen atoms in total. The predicted octanol–water partition coefficient (Wildman–Crippen LogP) is 4.57. The molecule has 3 rings (SSSR count). The van der Waals surface area contributed by atoms with Crippen molar-refractivity contribution in [2.24, 2.45) is 7.05 Å². The van der Waals surface area contributed by atoms with E-state index in [0.717, 1.165) is 23.3 Å². The van der Waals surface area contributed by atoms with Crippen LogP contribution in [-0.4, -0.2) is 9.55 Å². The van der Waals surface area contributed by atoms with Crippen molar-refractivity contribution in [1.82, 2.24) is 9.55 Å². The van der Waals surface area contributed by atoms with Crippen LogP contribution < -0.4 is 0 Å². The molecule has 0 aliphatic carbocycles. The van der Waals surface area contributed by atoms with Crippen molar-refractivity contribution in [2.75, 3.05) is 0 Å². The van der Waals surface area contributed by atoms with E-state index in [1.165, 1.54) is 6.07 Å². The van der Waals surface area contributed by atoms with Crippen LogP contribution in [0, 0.1) is 6.92 Å². The second-order valence-electron chi connectivity index (χ2n) is 5.07. The second-order valence-corrected chi connectivity index (χ2v) is 5.07. The molecule has 0 bridgehead atoms. The SMILES string of the molecule is Cc1cccc(-c2nc3cc(C(F)(F)F)ccc3n2C)c1. The van der Waals surface area contributed by atoms with E-state index in [2.05, 4.69) is 4.98 Å². The number of alkyl halides is 3. The third kappa shape index (κ3) is 2.39. The fraction of sp³-hybridized carbons (Fsp3) is 0.188. The zero-order valence-electron chi connectivity index (χ0n) is 11.6. The van der Waals surface area contributed by atoms with Gasteiger partial charge in [-0.25, -0.2) is 4.98 Å². The first-order valence-corrected chi connectivity index (χ1v) is 6.47. The van der Waals surface area contributed by atoms with Gasteiger partial charge in [-0.2, -0.15) is 13.2 Å². The molecule has 0 amide bonds. The number of aryl methyl sites for hydroxylation is 2. The van der Waals surface area contributed by atoms with Crippen molar-refractivity contribution >= 4 is 11.0 Å². The molecule has 0 saturated carbocycles. The summed E-state index contributed by atoms with van der Waals surface area (Å²) in [5, 5.41) is 0. The molecule has 108 valence electrons. The van der Waals surface area contributed by atoms with Gasteiger partial charge in [-0.15, -0.1) is 0 Å². The topological polar surface area (TPSA) is 17.8 Å². The van der Waals surface area contributed by atoms with Crippen molar-refractivity contribution in [3.05, 3.63) is 53.6 Å². The third-order valence-electron chi connectivity index (χ3n) is 3.48. The average molecular weight is 290 g/mol. The normalized spacial score (nSPS) is 12.0. The summed E-state index contributed by atoms with van der Waals surface area (Å²) in [4.78, 5) is 4.36. The molecular formula is C16H13F3N2. The second kappa shape index (κ2) is 4.62. The zero-order valence-corrected chi connectivity index (χ0v) is 11.6. The molecule has 0 atom stereocenters. The lowest BCUT2D eigenvalue weighted by atomic mass is 10.1. The third-order valence-corrected chi connectivity index (χ3v) is 3.48. The maximum Gasteiger partial charge on any atom is 0.416 e. The largest absolute Gasteiger partial charge is 0.416 e. The molecule has 0 N–H and O–H groups in total. The van der Waals surface area contributed by atoms with Gasteiger partial charge >= 0.3 is 6.18 Å². The quantitative estimate of drug-likeness (QED) is 0.642. The smallest absolute Gasteiger partial charge is 0.327 e. The lowest BCUT2D eigenvalue weighted by Gasteiger charge is -2.06. The lowest BCUT2D eigenvalue weighted by Crippen LogP contribution is -2.04. The molecule has 0 unspecified atom stereocenters. The zero-order chi connectivity index (χ0) is 15.2. The molecule has 1 aromatic heterocycles. The number of nitrogens with zero attached hydrogens (tertiary/aromatic N) is 2. The highest BCUT2D eigenvalue weighted by molar-refractivity contribution is 5.81. The summed E-state index contributed by atoms with van der Waals surface area (Å²) in [7, 11) is 1.81. The summed E-state index contributed by atoms with van der Waals surface area (Å²) < 4.78 is 40.1. The molecule has 3 aromatic rings. The highest BCUT2D eigenvalue weighted by atomic mass is 19.4.